The second-order valence-corrected chi connectivity index (χ2v) is 4.84. The average molecular weight is 265 g/mol. The Hall–Kier alpha value is -2.27. The van der Waals surface area contributed by atoms with Crippen LogP contribution in [0.15, 0.2) is 54.6 Å². The molecule has 102 valence electrons. The van der Waals surface area contributed by atoms with Crippen molar-refractivity contribution in [3.63, 3.8) is 0 Å². The molecule has 2 rings (SSSR count). The van der Waals surface area contributed by atoms with Crippen LogP contribution in [-0.2, 0) is 5.41 Å². The molecule has 0 saturated carbocycles. The van der Waals surface area contributed by atoms with Gasteiger partial charge in [0.15, 0.2) is 0 Å². The van der Waals surface area contributed by atoms with Crippen LogP contribution in [0, 0.1) is 11.3 Å². The third-order valence-corrected chi connectivity index (χ3v) is 3.79. The lowest BCUT2D eigenvalue weighted by atomic mass is 9.77. The molecule has 2 heteroatoms. The fourth-order valence-electron chi connectivity index (χ4n) is 2.36. The average Bonchev–Trinajstić information content (AvgIpc) is 2.51. The predicted octanol–water partition coefficient (Wildman–Crippen LogP) is 5.06. The van der Waals surface area contributed by atoms with E-state index in [-0.39, 0.29) is 0 Å². The molecule has 0 aromatic heterocycles. The first kappa shape index (κ1) is 14.1. The quantitative estimate of drug-likeness (QED) is 0.757. The Bertz CT molecular complexity index is 594. The van der Waals surface area contributed by atoms with Crippen molar-refractivity contribution in [3.8, 4) is 17.6 Å². The van der Waals surface area contributed by atoms with E-state index in [9.17, 15) is 5.26 Å². The highest BCUT2D eigenvalue weighted by molar-refractivity contribution is 5.40. The number of nitriles is 1. The molecular weight excluding hydrogens is 246 g/mol. The zero-order chi connectivity index (χ0) is 14.4. The van der Waals surface area contributed by atoms with Crippen LogP contribution in [0.5, 0.6) is 11.5 Å². The molecule has 2 aromatic rings. The van der Waals surface area contributed by atoms with Gasteiger partial charge in [0.05, 0.1) is 11.5 Å². The Morgan fingerprint density at radius 2 is 1.60 bits per heavy atom. The summed E-state index contributed by atoms with van der Waals surface area (Å²) in [6, 6.07) is 20.0. The maximum atomic E-state index is 9.52. The van der Waals surface area contributed by atoms with E-state index in [0.717, 1.165) is 29.9 Å². The van der Waals surface area contributed by atoms with Gasteiger partial charge in [0.1, 0.15) is 11.5 Å². The summed E-state index contributed by atoms with van der Waals surface area (Å²) < 4.78 is 5.84. The minimum absolute atomic E-state index is 0.421. The molecule has 0 aliphatic heterocycles. The van der Waals surface area contributed by atoms with Gasteiger partial charge in [0.25, 0.3) is 0 Å². The van der Waals surface area contributed by atoms with Gasteiger partial charge in [0.2, 0.25) is 0 Å². The zero-order valence-corrected chi connectivity index (χ0v) is 12.0. The molecule has 0 amide bonds. The summed E-state index contributed by atoms with van der Waals surface area (Å²) in [5.74, 6) is 1.58. The number of rotatable bonds is 5. The molecule has 0 aliphatic rings. The van der Waals surface area contributed by atoms with Crippen LogP contribution in [0.25, 0.3) is 0 Å². The summed E-state index contributed by atoms with van der Waals surface area (Å²) in [5.41, 5.74) is 0.606. The van der Waals surface area contributed by atoms with E-state index in [0.29, 0.717) is 0 Å². The Morgan fingerprint density at radius 3 is 2.20 bits per heavy atom. The molecule has 0 bridgehead atoms. The third kappa shape index (κ3) is 2.83. The standard InChI is InChI=1S/C18H19NO/c1-3-18(4-2,14-19)15-9-8-12-17(13-15)20-16-10-6-5-7-11-16/h5-13H,3-4H2,1-2H3. The van der Waals surface area contributed by atoms with Crippen molar-refractivity contribution >= 4 is 0 Å². The topological polar surface area (TPSA) is 33.0 Å². The van der Waals surface area contributed by atoms with E-state index >= 15 is 0 Å². The zero-order valence-electron chi connectivity index (χ0n) is 12.0. The summed E-state index contributed by atoms with van der Waals surface area (Å²) in [7, 11) is 0. The second-order valence-electron chi connectivity index (χ2n) is 4.84. The van der Waals surface area contributed by atoms with Crippen LogP contribution in [-0.4, -0.2) is 0 Å². The van der Waals surface area contributed by atoms with Crippen molar-refractivity contribution < 1.29 is 4.74 Å². The minimum atomic E-state index is -0.421. The van der Waals surface area contributed by atoms with Gasteiger partial charge in [-0.1, -0.05) is 44.2 Å². The molecule has 0 aliphatic carbocycles. The van der Waals surface area contributed by atoms with Gasteiger partial charge >= 0.3 is 0 Å². The first-order valence-electron chi connectivity index (χ1n) is 6.99. The molecule has 0 radical (unpaired) electrons. The summed E-state index contributed by atoms with van der Waals surface area (Å²) in [6.45, 7) is 4.11. The molecule has 0 fully saturated rings. The van der Waals surface area contributed by atoms with E-state index in [2.05, 4.69) is 19.9 Å². The molecular formula is C18H19NO. The molecule has 0 N–H and O–H groups in total. The highest BCUT2D eigenvalue weighted by Gasteiger charge is 2.28. The first-order valence-corrected chi connectivity index (χ1v) is 6.99. The monoisotopic (exact) mass is 265 g/mol. The third-order valence-electron chi connectivity index (χ3n) is 3.79. The molecule has 0 spiro atoms. The van der Waals surface area contributed by atoms with Gasteiger partial charge in [-0.25, -0.2) is 0 Å². The van der Waals surface area contributed by atoms with Crippen LogP contribution in [0.2, 0.25) is 0 Å². The highest BCUT2D eigenvalue weighted by Crippen LogP contribution is 2.33. The summed E-state index contributed by atoms with van der Waals surface area (Å²) >= 11 is 0. The van der Waals surface area contributed by atoms with Crippen molar-refractivity contribution in [1.82, 2.24) is 0 Å². The van der Waals surface area contributed by atoms with Crippen LogP contribution in [0.1, 0.15) is 32.3 Å². The Morgan fingerprint density at radius 1 is 0.950 bits per heavy atom. The number of hydrogen-bond acceptors (Lipinski definition) is 2. The molecule has 20 heavy (non-hydrogen) atoms. The van der Waals surface area contributed by atoms with E-state index in [1.165, 1.54) is 0 Å². The van der Waals surface area contributed by atoms with Crippen molar-refractivity contribution in [1.29, 1.82) is 5.26 Å². The number of nitrogens with zero attached hydrogens (tertiary/aromatic N) is 1. The van der Waals surface area contributed by atoms with Gasteiger partial charge < -0.3 is 4.74 Å². The number of hydrogen-bond donors (Lipinski definition) is 0. The van der Waals surface area contributed by atoms with E-state index in [4.69, 9.17) is 4.74 Å². The van der Waals surface area contributed by atoms with Gasteiger partial charge in [-0.15, -0.1) is 0 Å². The second kappa shape index (κ2) is 6.25. The lowest BCUT2D eigenvalue weighted by Gasteiger charge is -2.24. The predicted molar refractivity (Wildman–Crippen MR) is 80.8 cm³/mol. The number of benzene rings is 2. The molecule has 0 heterocycles. The summed E-state index contributed by atoms with van der Waals surface area (Å²) in [4.78, 5) is 0. The van der Waals surface area contributed by atoms with Gasteiger partial charge in [-0.05, 0) is 42.7 Å². The lowest BCUT2D eigenvalue weighted by molar-refractivity contribution is 0.473. The van der Waals surface area contributed by atoms with Crippen molar-refractivity contribution in [2.24, 2.45) is 0 Å². The van der Waals surface area contributed by atoms with Crippen LogP contribution in [0.3, 0.4) is 0 Å². The van der Waals surface area contributed by atoms with Gasteiger partial charge in [-0.3, -0.25) is 0 Å². The fraction of sp³-hybridized carbons (Fsp3) is 0.278. The van der Waals surface area contributed by atoms with E-state index in [1.807, 2.05) is 54.6 Å². The van der Waals surface area contributed by atoms with Crippen molar-refractivity contribution in [2.45, 2.75) is 32.1 Å². The Balaban J connectivity index is 2.31. The maximum Gasteiger partial charge on any atom is 0.127 e. The molecule has 2 nitrogen and oxygen atoms in total. The van der Waals surface area contributed by atoms with Crippen LogP contribution >= 0.6 is 0 Å². The fourth-order valence-corrected chi connectivity index (χ4v) is 2.36. The van der Waals surface area contributed by atoms with Crippen molar-refractivity contribution in [2.75, 3.05) is 0 Å². The van der Waals surface area contributed by atoms with Crippen LogP contribution < -0.4 is 4.74 Å². The number of para-hydroxylation sites is 1. The maximum absolute atomic E-state index is 9.52. The Kier molecular flexibility index (Phi) is 4.42. The van der Waals surface area contributed by atoms with E-state index < -0.39 is 5.41 Å². The highest BCUT2D eigenvalue weighted by atomic mass is 16.5. The number of ether oxygens (including phenoxy) is 1. The largest absolute Gasteiger partial charge is 0.457 e. The molecule has 0 saturated heterocycles. The van der Waals surface area contributed by atoms with Gasteiger partial charge in [-0.2, -0.15) is 5.26 Å². The summed E-state index contributed by atoms with van der Waals surface area (Å²) in [5, 5.41) is 9.52. The van der Waals surface area contributed by atoms with E-state index in [1.54, 1.807) is 0 Å². The van der Waals surface area contributed by atoms with Gasteiger partial charge in [0, 0.05) is 0 Å². The SMILES string of the molecule is CCC(C#N)(CC)c1cccc(Oc2ccccc2)c1. The minimum Gasteiger partial charge on any atom is -0.457 e. The van der Waals surface area contributed by atoms with Crippen LogP contribution in [0.4, 0.5) is 0 Å². The van der Waals surface area contributed by atoms with Crippen molar-refractivity contribution in [3.05, 3.63) is 60.2 Å². The summed E-state index contributed by atoms with van der Waals surface area (Å²) in [6.07, 6.45) is 1.60. The molecule has 0 unspecified atom stereocenters. The lowest BCUT2D eigenvalue weighted by Crippen LogP contribution is -2.21. The molecule has 2 aromatic carbocycles. The molecule has 0 atom stereocenters. The normalized spacial score (nSPS) is 10.8. The Labute approximate surface area is 120 Å². The smallest absolute Gasteiger partial charge is 0.127 e. The first-order chi connectivity index (χ1) is 9.74.